The van der Waals surface area contributed by atoms with Crippen molar-refractivity contribution in [3.63, 3.8) is 0 Å². The van der Waals surface area contributed by atoms with Crippen LogP contribution in [0.4, 0.5) is 0 Å². The first-order chi connectivity index (χ1) is 10.5. The lowest BCUT2D eigenvalue weighted by molar-refractivity contribution is 0.475. The molecule has 2 aromatic carbocycles. The SMILES string of the molecule is Cc1c(O)c2cc(C#N)ccc2n1S(=O)(=O)c1ccccc1. The number of fused-ring (bicyclic) bond motifs is 1. The van der Waals surface area contributed by atoms with Gasteiger partial charge >= 0.3 is 0 Å². The molecule has 3 rings (SSSR count). The Hall–Kier alpha value is -2.78. The zero-order valence-electron chi connectivity index (χ0n) is 11.7. The number of benzene rings is 2. The molecule has 1 aromatic heterocycles. The second-order valence-electron chi connectivity index (χ2n) is 4.86. The molecule has 0 aliphatic heterocycles. The molecule has 0 aliphatic rings. The topological polar surface area (TPSA) is 83.1 Å². The van der Waals surface area contributed by atoms with Gasteiger partial charge in [0.15, 0.2) is 0 Å². The molecule has 0 saturated carbocycles. The van der Waals surface area contributed by atoms with Crippen LogP contribution >= 0.6 is 0 Å². The summed E-state index contributed by atoms with van der Waals surface area (Å²) < 4.78 is 26.8. The van der Waals surface area contributed by atoms with Gasteiger partial charge in [-0.3, -0.25) is 0 Å². The Balaban J connectivity index is 2.38. The van der Waals surface area contributed by atoms with Gasteiger partial charge in [0.05, 0.1) is 27.7 Å². The van der Waals surface area contributed by atoms with Gasteiger partial charge in [0, 0.05) is 5.39 Å². The molecule has 5 nitrogen and oxygen atoms in total. The fraction of sp³-hybridized carbons (Fsp3) is 0.0625. The molecule has 0 aliphatic carbocycles. The van der Waals surface area contributed by atoms with E-state index in [1.54, 1.807) is 18.2 Å². The van der Waals surface area contributed by atoms with Gasteiger partial charge < -0.3 is 5.11 Å². The Kier molecular flexibility index (Phi) is 3.15. The maximum absolute atomic E-state index is 12.8. The van der Waals surface area contributed by atoms with E-state index in [0.717, 1.165) is 3.97 Å². The van der Waals surface area contributed by atoms with Crippen LogP contribution in [0.1, 0.15) is 11.3 Å². The number of nitriles is 1. The van der Waals surface area contributed by atoms with Gasteiger partial charge in [-0.25, -0.2) is 12.4 Å². The fourth-order valence-electron chi connectivity index (χ4n) is 2.45. The molecular weight excluding hydrogens is 300 g/mol. The molecule has 22 heavy (non-hydrogen) atoms. The van der Waals surface area contributed by atoms with Gasteiger partial charge in [-0.1, -0.05) is 18.2 Å². The number of hydrogen-bond donors (Lipinski definition) is 1. The van der Waals surface area contributed by atoms with Crippen molar-refractivity contribution in [2.75, 3.05) is 0 Å². The lowest BCUT2D eigenvalue weighted by Crippen LogP contribution is -2.14. The van der Waals surface area contributed by atoms with Crippen molar-refractivity contribution in [3.8, 4) is 11.8 Å². The number of aromatic nitrogens is 1. The number of hydrogen-bond acceptors (Lipinski definition) is 4. The monoisotopic (exact) mass is 312 g/mol. The Bertz CT molecular complexity index is 1010. The first-order valence-electron chi connectivity index (χ1n) is 6.51. The van der Waals surface area contributed by atoms with Crippen LogP contribution in [0.25, 0.3) is 10.9 Å². The summed E-state index contributed by atoms with van der Waals surface area (Å²) in [7, 11) is -3.82. The van der Waals surface area contributed by atoms with Crippen molar-refractivity contribution in [3.05, 3.63) is 59.8 Å². The molecule has 3 aromatic rings. The first kappa shape index (κ1) is 14.2. The summed E-state index contributed by atoms with van der Waals surface area (Å²) in [4.78, 5) is 0.138. The molecule has 0 saturated heterocycles. The molecule has 1 heterocycles. The third-order valence-electron chi connectivity index (χ3n) is 3.53. The van der Waals surface area contributed by atoms with E-state index < -0.39 is 10.0 Å². The summed E-state index contributed by atoms with van der Waals surface area (Å²) in [6.07, 6.45) is 0. The molecule has 0 radical (unpaired) electrons. The Labute approximate surface area is 127 Å². The fourth-order valence-corrected chi connectivity index (χ4v) is 4.03. The van der Waals surface area contributed by atoms with Gasteiger partial charge in [-0.2, -0.15) is 5.26 Å². The van der Waals surface area contributed by atoms with Crippen molar-refractivity contribution in [2.45, 2.75) is 11.8 Å². The highest BCUT2D eigenvalue weighted by molar-refractivity contribution is 7.90. The molecule has 0 atom stereocenters. The maximum atomic E-state index is 12.8. The van der Waals surface area contributed by atoms with E-state index >= 15 is 0 Å². The lowest BCUT2D eigenvalue weighted by atomic mass is 10.1. The number of nitrogens with zero attached hydrogens (tertiary/aromatic N) is 2. The van der Waals surface area contributed by atoms with Crippen LogP contribution < -0.4 is 0 Å². The van der Waals surface area contributed by atoms with Gasteiger partial charge in [0.2, 0.25) is 0 Å². The van der Waals surface area contributed by atoms with E-state index in [0.29, 0.717) is 16.5 Å². The molecule has 0 fully saturated rings. The standard InChI is InChI=1S/C16H12N2O3S/c1-11-16(19)14-9-12(10-17)7-8-15(14)18(11)22(20,21)13-5-3-2-4-6-13/h2-9,19H,1H3. The molecule has 6 heteroatoms. The van der Waals surface area contributed by atoms with Crippen molar-refractivity contribution < 1.29 is 13.5 Å². The Morgan fingerprint density at radius 3 is 2.45 bits per heavy atom. The summed E-state index contributed by atoms with van der Waals surface area (Å²) in [5.74, 6) is -0.133. The van der Waals surface area contributed by atoms with E-state index in [1.807, 2.05) is 6.07 Å². The van der Waals surface area contributed by atoms with Gasteiger partial charge in [-0.15, -0.1) is 0 Å². The zero-order valence-corrected chi connectivity index (χ0v) is 12.5. The largest absolute Gasteiger partial charge is 0.505 e. The van der Waals surface area contributed by atoms with Crippen LogP contribution in [0.2, 0.25) is 0 Å². The predicted molar refractivity (Wildman–Crippen MR) is 82.1 cm³/mol. The summed E-state index contributed by atoms with van der Waals surface area (Å²) >= 11 is 0. The molecule has 1 N–H and O–H groups in total. The summed E-state index contributed by atoms with van der Waals surface area (Å²) in [5.41, 5.74) is 0.920. The highest BCUT2D eigenvalue weighted by Crippen LogP contribution is 2.35. The third kappa shape index (κ3) is 1.95. The Morgan fingerprint density at radius 1 is 1.14 bits per heavy atom. The lowest BCUT2D eigenvalue weighted by Gasteiger charge is -2.09. The van der Waals surface area contributed by atoms with E-state index in [2.05, 4.69) is 0 Å². The van der Waals surface area contributed by atoms with Gasteiger partial charge in [0.25, 0.3) is 10.0 Å². The average Bonchev–Trinajstić information content (AvgIpc) is 2.79. The average molecular weight is 312 g/mol. The highest BCUT2D eigenvalue weighted by atomic mass is 32.2. The molecule has 0 unspecified atom stereocenters. The van der Waals surface area contributed by atoms with E-state index in [1.165, 1.54) is 37.3 Å². The molecule has 0 amide bonds. The summed E-state index contributed by atoms with van der Waals surface area (Å²) in [5, 5.41) is 19.5. The minimum Gasteiger partial charge on any atom is -0.505 e. The van der Waals surface area contributed by atoms with Gasteiger partial charge in [0.1, 0.15) is 5.75 Å². The zero-order chi connectivity index (χ0) is 15.9. The van der Waals surface area contributed by atoms with Crippen LogP contribution in [0.5, 0.6) is 5.75 Å². The summed E-state index contributed by atoms with van der Waals surface area (Å²) in [6.45, 7) is 1.53. The van der Waals surface area contributed by atoms with Crippen LogP contribution in [0.3, 0.4) is 0 Å². The molecule has 0 spiro atoms. The predicted octanol–water partition coefficient (Wildman–Crippen LogP) is 2.76. The number of rotatable bonds is 2. The maximum Gasteiger partial charge on any atom is 0.268 e. The minimum absolute atomic E-state index is 0.133. The van der Waals surface area contributed by atoms with Crippen LogP contribution in [-0.4, -0.2) is 17.5 Å². The van der Waals surface area contributed by atoms with Gasteiger partial charge in [-0.05, 0) is 37.3 Å². The third-order valence-corrected chi connectivity index (χ3v) is 5.35. The first-order valence-corrected chi connectivity index (χ1v) is 7.95. The van der Waals surface area contributed by atoms with Crippen LogP contribution in [-0.2, 0) is 10.0 Å². The normalized spacial score (nSPS) is 11.5. The highest BCUT2D eigenvalue weighted by Gasteiger charge is 2.24. The second-order valence-corrected chi connectivity index (χ2v) is 6.65. The molecule has 110 valence electrons. The van der Waals surface area contributed by atoms with Crippen molar-refractivity contribution in [2.24, 2.45) is 0 Å². The molecular formula is C16H12N2O3S. The number of aromatic hydroxyl groups is 1. The van der Waals surface area contributed by atoms with Crippen LogP contribution in [0, 0.1) is 18.3 Å². The van der Waals surface area contributed by atoms with Crippen molar-refractivity contribution >= 4 is 20.9 Å². The van der Waals surface area contributed by atoms with Crippen molar-refractivity contribution in [1.29, 1.82) is 5.26 Å². The van der Waals surface area contributed by atoms with Crippen LogP contribution in [0.15, 0.2) is 53.4 Å². The van der Waals surface area contributed by atoms with E-state index in [9.17, 15) is 13.5 Å². The smallest absolute Gasteiger partial charge is 0.268 e. The second kappa shape index (κ2) is 4.90. The minimum atomic E-state index is -3.82. The Morgan fingerprint density at radius 2 is 1.82 bits per heavy atom. The van der Waals surface area contributed by atoms with E-state index in [-0.39, 0.29) is 16.3 Å². The van der Waals surface area contributed by atoms with Crippen molar-refractivity contribution in [1.82, 2.24) is 3.97 Å². The van der Waals surface area contributed by atoms with E-state index in [4.69, 9.17) is 5.26 Å². The molecule has 0 bridgehead atoms. The summed E-state index contributed by atoms with van der Waals surface area (Å²) in [6, 6.07) is 14.5. The quantitative estimate of drug-likeness (QED) is 0.788.